The van der Waals surface area contributed by atoms with E-state index in [0.717, 1.165) is 12.1 Å². The molecular weight excluding hydrogens is 374 g/mol. The number of nitrogens with zero attached hydrogens (tertiary/aromatic N) is 2. The SMILES string of the molecule is COc1ccc(C(=O)COC(=O)c2c(C)nn(CC(F)(F)F)c2N)c(F)c1. The summed E-state index contributed by atoms with van der Waals surface area (Å²) in [5, 5.41) is 3.55. The van der Waals surface area contributed by atoms with Crippen LogP contribution >= 0.6 is 0 Å². The first kappa shape index (κ1) is 20.2. The van der Waals surface area contributed by atoms with E-state index in [1.807, 2.05) is 0 Å². The number of aryl methyl sites for hydroxylation is 1. The van der Waals surface area contributed by atoms with Crippen LogP contribution in [0.25, 0.3) is 0 Å². The molecule has 146 valence electrons. The van der Waals surface area contributed by atoms with Crippen molar-refractivity contribution in [3.05, 3.63) is 40.8 Å². The maximum Gasteiger partial charge on any atom is 0.408 e. The summed E-state index contributed by atoms with van der Waals surface area (Å²) in [6.07, 6.45) is -4.59. The van der Waals surface area contributed by atoms with Crippen molar-refractivity contribution in [3.8, 4) is 5.75 Å². The Labute approximate surface area is 150 Å². The maximum absolute atomic E-state index is 13.8. The molecule has 0 atom stereocenters. The van der Waals surface area contributed by atoms with Gasteiger partial charge in [0.1, 0.15) is 29.5 Å². The number of hydrogen-bond acceptors (Lipinski definition) is 6. The van der Waals surface area contributed by atoms with Gasteiger partial charge < -0.3 is 15.2 Å². The quantitative estimate of drug-likeness (QED) is 0.463. The zero-order valence-electron chi connectivity index (χ0n) is 14.3. The van der Waals surface area contributed by atoms with Crippen molar-refractivity contribution in [2.24, 2.45) is 0 Å². The third-order valence-electron chi connectivity index (χ3n) is 3.51. The molecule has 1 aromatic heterocycles. The number of carbonyl (C=O) groups excluding carboxylic acids is 2. The van der Waals surface area contributed by atoms with E-state index in [1.165, 1.54) is 20.1 Å². The first-order valence-electron chi connectivity index (χ1n) is 7.47. The Hall–Kier alpha value is -3.11. The molecule has 0 saturated carbocycles. The van der Waals surface area contributed by atoms with Gasteiger partial charge in [-0.3, -0.25) is 4.79 Å². The van der Waals surface area contributed by atoms with Gasteiger partial charge in [-0.05, 0) is 19.1 Å². The summed E-state index contributed by atoms with van der Waals surface area (Å²) >= 11 is 0. The maximum atomic E-state index is 13.8. The Kier molecular flexibility index (Phi) is 5.72. The van der Waals surface area contributed by atoms with Gasteiger partial charge in [0.25, 0.3) is 0 Å². The van der Waals surface area contributed by atoms with Crippen molar-refractivity contribution in [1.82, 2.24) is 9.78 Å². The van der Waals surface area contributed by atoms with Crippen LogP contribution in [-0.4, -0.2) is 41.4 Å². The summed E-state index contributed by atoms with van der Waals surface area (Å²) < 4.78 is 61.3. The number of esters is 1. The number of nitrogen functional groups attached to an aromatic ring is 1. The van der Waals surface area contributed by atoms with Crippen LogP contribution in [-0.2, 0) is 11.3 Å². The second kappa shape index (κ2) is 7.64. The molecule has 0 aliphatic carbocycles. The van der Waals surface area contributed by atoms with Crippen molar-refractivity contribution in [2.45, 2.75) is 19.6 Å². The highest BCUT2D eigenvalue weighted by atomic mass is 19.4. The minimum absolute atomic E-state index is 0.0928. The average Bonchev–Trinajstić information content (AvgIpc) is 2.84. The summed E-state index contributed by atoms with van der Waals surface area (Å²) in [4.78, 5) is 24.1. The summed E-state index contributed by atoms with van der Waals surface area (Å²) in [5.74, 6) is -3.20. The lowest BCUT2D eigenvalue weighted by Crippen LogP contribution is -2.21. The number of aromatic nitrogens is 2. The highest BCUT2D eigenvalue weighted by Gasteiger charge is 2.32. The molecule has 0 aliphatic heterocycles. The molecule has 7 nitrogen and oxygen atoms in total. The summed E-state index contributed by atoms with van der Waals surface area (Å²) in [6, 6.07) is 3.49. The largest absolute Gasteiger partial charge is 0.497 e. The van der Waals surface area contributed by atoms with Gasteiger partial charge in [-0.2, -0.15) is 18.3 Å². The number of halogens is 4. The fourth-order valence-electron chi connectivity index (χ4n) is 2.27. The van der Waals surface area contributed by atoms with Crippen LogP contribution in [0.1, 0.15) is 26.4 Å². The number of anilines is 1. The number of nitrogens with two attached hydrogens (primary N) is 1. The molecule has 11 heteroatoms. The van der Waals surface area contributed by atoms with E-state index in [1.54, 1.807) is 0 Å². The Morgan fingerprint density at radius 3 is 2.52 bits per heavy atom. The smallest absolute Gasteiger partial charge is 0.408 e. The second-order valence-corrected chi connectivity index (χ2v) is 5.46. The summed E-state index contributed by atoms with van der Waals surface area (Å²) in [5.41, 5.74) is 4.71. The molecular formula is C16H15F4N3O4. The molecule has 0 radical (unpaired) electrons. The molecule has 1 aromatic carbocycles. The second-order valence-electron chi connectivity index (χ2n) is 5.46. The van der Waals surface area contributed by atoms with E-state index in [-0.39, 0.29) is 22.6 Å². The van der Waals surface area contributed by atoms with Crippen molar-refractivity contribution in [1.29, 1.82) is 0 Å². The van der Waals surface area contributed by atoms with Crippen molar-refractivity contribution >= 4 is 17.6 Å². The van der Waals surface area contributed by atoms with E-state index in [0.29, 0.717) is 4.68 Å². The fourth-order valence-corrected chi connectivity index (χ4v) is 2.27. The van der Waals surface area contributed by atoms with Crippen molar-refractivity contribution in [3.63, 3.8) is 0 Å². The van der Waals surface area contributed by atoms with Gasteiger partial charge in [0.2, 0.25) is 5.78 Å². The number of Topliss-reactive ketones (excluding diaryl/α,β-unsaturated/α-hetero) is 1. The lowest BCUT2D eigenvalue weighted by molar-refractivity contribution is -0.142. The predicted molar refractivity (Wildman–Crippen MR) is 85.0 cm³/mol. The molecule has 0 bridgehead atoms. The minimum Gasteiger partial charge on any atom is -0.497 e. The number of alkyl halides is 3. The van der Waals surface area contributed by atoms with Crippen LogP contribution in [0.5, 0.6) is 5.75 Å². The number of ether oxygens (including phenoxy) is 2. The Morgan fingerprint density at radius 2 is 1.96 bits per heavy atom. The van der Waals surface area contributed by atoms with Crippen LogP contribution in [0, 0.1) is 12.7 Å². The topological polar surface area (TPSA) is 96.4 Å². The van der Waals surface area contributed by atoms with E-state index in [4.69, 9.17) is 15.2 Å². The minimum atomic E-state index is -4.59. The molecule has 0 aliphatic rings. The van der Waals surface area contributed by atoms with Crippen molar-refractivity contribution in [2.75, 3.05) is 19.5 Å². The zero-order chi connectivity index (χ0) is 20.4. The van der Waals surface area contributed by atoms with E-state index in [9.17, 15) is 27.2 Å². The van der Waals surface area contributed by atoms with Crippen molar-refractivity contribution < 1.29 is 36.6 Å². The van der Waals surface area contributed by atoms with Crippen LogP contribution < -0.4 is 10.5 Å². The first-order valence-corrected chi connectivity index (χ1v) is 7.47. The number of methoxy groups -OCH3 is 1. The van der Waals surface area contributed by atoms with Gasteiger partial charge in [-0.15, -0.1) is 0 Å². The van der Waals surface area contributed by atoms with E-state index < -0.39 is 42.7 Å². The van der Waals surface area contributed by atoms with Gasteiger partial charge in [-0.25, -0.2) is 13.9 Å². The van der Waals surface area contributed by atoms with Gasteiger partial charge in [0, 0.05) is 6.07 Å². The number of benzene rings is 1. The summed E-state index contributed by atoms with van der Waals surface area (Å²) in [6.45, 7) is -1.04. The molecule has 0 saturated heterocycles. The standard InChI is InChI=1S/C16H15F4N3O4/c1-8-13(14(21)23(22-8)7-16(18,19)20)15(25)27-6-12(24)10-4-3-9(26-2)5-11(10)17/h3-5H,6-7,21H2,1-2H3. The Bertz CT molecular complexity index is 877. The lowest BCUT2D eigenvalue weighted by atomic mass is 10.1. The van der Waals surface area contributed by atoms with Gasteiger partial charge >= 0.3 is 12.1 Å². The number of hydrogen-bond donors (Lipinski definition) is 1. The van der Waals surface area contributed by atoms with Crippen LogP contribution in [0.2, 0.25) is 0 Å². The third kappa shape index (κ3) is 4.74. The van der Waals surface area contributed by atoms with Gasteiger partial charge in [-0.1, -0.05) is 0 Å². The highest BCUT2D eigenvalue weighted by molar-refractivity contribution is 6.01. The molecule has 2 rings (SSSR count). The molecule has 0 spiro atoms. The number of rotatable bonds is 6. The van der Waals surface area contributed by atoms with Gasteiger partial charge in [0.05, 0.1) is 18.4 Å². The van der Waals surface area contributed by atoms with Crippen LogP contribution in [0.4, 0.5) is 23.4 Å². The molecule has 2 N–H and O–H groups in total. The molecule has 2 aromatic rings. The fraction of sp³-hybridized carbons (Fsp3) is 0.312. The monoisotopic (exact) mass is 389 g/mol. The third-order valence-corrected chi connectivity index (χ3v) is 3.51. The molecule has 27 heavy (non-hydrogen) atoms. The number of carbonyl (C=O) groups is 2. The Morgan fingerprint density at radius 1 is 1.30 bits per heavy atom. The van der Waals surface area contributed by atoms with Crippen LogP contribution in [0.3, 0.4) is 0 Å². The highest BCUT2D eigenvalue weighted by Crippen LogP contribution is 2.23. The summed E-state index contributed by atoms with van der Waals surface area (Å²) in [7, 11) is 1.32. The molecule has 0 fully saturated rings. The zero-order valence-corrected chi connectivity index (χ0v) is 14.3. The predicted octanol–water partition coefficient (Wildman–Crippen LogP) is 2.52. The lowest BCUT2D eigenvalue weighted by Gasteiger charge is -2.08. The Balaban J connectivity index is 2.11. The van der Waals surface area contributed by atoms with E-state index >= 15 is 0 Å². The number of ketones is 1. The van der Waals surface area contributed by atoms with E-state index in [2.05, 4.69) is 5.10 Å². The van der Waals surface area contributed by atoms with Crippen LogP contribution in [0.15, 0.2) is 18.2 Å². The molecule has 0 amide bonds. The normalized spacial score (nSPS) is 11.3. The first-order chi connectivity index (χ1) is 12.5. The molecule has 0 unspecified atom stereocenters. The van der Waals surface area contributed by atoms with Gasteiger partial charge in [0.15, 0.2) is 6.61 Å². The average molecular weight is 389 g/mol. The molecule has 1 heterocycles.